The first-order valence-corrected chi connectivity index (χ1v) is 8.69. The van der Waals surface area contributed by atoms with Crippen LogP contribution in [0, 0.1) is 5.82 Å². The quantitative estimate of drug-likeness (QED) is 0.780. The molecular weight excluding hydrogens is 349 g/mol. The minimum atomic E-state index is -0.312. The molecule has 0 aliphatic rings. The molecule has 0 radical (unpaired) electrons. The molecule has 2 N–H and O–H groups in total. The fourth-order valence-corrected chi connectivity index (χ4v) is 2.38. The molecule has 1 unspecified atom stereocenters. The number of rotatable bonds is 7. The molecule has 0 bridgehead atoms. The number of urea groups is 1. The minimum Gasteiger partial charge on any atom is -0.484 e. The summed E-state index contributed by atoms with van der Waals surface area (Å²) in [7, 11) is 1.67. The van der Waals surface area contributed by atoms with Gasteiger partial charge in [0.15, 0.2) is 6.61 Å². The maximum absolute atomic E-state index is 13.0. The molecule has 2 aromatic carbocycles. The largest absolute Gasteiger partial charge is 0.484 e. The number of carbonyl (C=O) groups is 2. The molecule has 1 atom stereocenters. The van der Waals surface area contributed by atoms with E-state index >= 15 is 0 Å². The average Bonchev–Trinajstić information content (AvgIpc) is 2.67. The first-order valence-electron chi connectivity index (χ1n) is 8.69. The zero-order valence-corrected chi connectivity index (χ0v) is 15.7. The fourth-order valence-electron chi connectivity index (χ4n) is 2.38. The van der Waals surface area contributed by atoms with Crippen LogP contribution >= 0.6 is 0 Å². The Morgan fingerprint density at radius 2 is 1.74 bits per heavy atom. The van der Waals surface area contributed by atoms with Gasteiger partial charge in [-0.2, -0.15) is 0 Å². The molecule has 0 aromatic heterocycles. The van der Waals surface area contributed by atoms with Crippen molar-refractivity contribution in [2.45, 2.75) is 19.9 Å². The summed E-state index contributed by atoms with van der Waals surface area (Å²) >= 11 is 0. The molecule has 0 aliphatic carbocycles. The normalized spacial score (nSPS) is 11.4. The summed E-state index contributed by atoms with van der Waals surface area (Å²) in [5.74, 6) is 0.0334. The van der Waals surface area contributed by atoms with Gasteiger partial charge in [0.2, 0.25) is 0 Å². The van der Waals surface area contributed by atoms with Gasteiger partial charge in [-0.3, -0.25) is 4.79 Å². The SMILES string of the molecule is CCNC(=O)COc1ccc(NC(=O)N(C)C(C)c2ccc(F)cc2)cc1. The molecule has 2 rings (SSSR count). The van der Waals surface area contributed by atoms with Crippen LogP contribution in [-0.4, -0.2) is 37.0 Å². The molecule has 3 amide bonds. The molecule has 27 heavy (non-hydrogen) atoms. The average molecular weight is 373 g/mol. The van der Waals surface area contributed by atoms with Crippen molar-refractivity contribution in [3.63, 3.8) is 0 Å². The number of halogens is 1. The monoisotopic (exact) mass is 373 g/mol. The number of benzene rings is 2. The Kier molecular flexibility index (Phi) is 7.16. The number of likely N-dealkylation sites (N-methyl/N-ethyl adjacent to an activating group) is 1. The van der Waals surface area contributed by atoms with E-state index in [2.05, 4.69) is 10.6 Å². The van der Waals surface area contributed by atoms with Crippen LogP contribution in [0.15, 0.2) is 48.5 Å². The van der Waals surface area contributed by atoms with E-state index in [0.29, 0.717) is 18.0 Å². The second-order valence-corrected chi connectivity index (χ2v) is 6.04. The van der Waals surface area contributed by atoms with Gasteiger partial charge in [-0.15, -0.1) is 0 Å². The lowest BCUT2D eigenvalue weighted by atomic mass is 10.1. The molecule has 0 saturated heterocycles. The third-order valence-electron chi connectivity index (χ3n) is 4.10. The summed E-state index contributed by atoms with van der Waals surface area (Å²) in [6.07, 6.45) is 0. The van der Waals surface area contributed by atoms with E-state index in [0.717, 1.165) is 5.56 Å². The van der Waals surface area contributed by atoms with Crippen LogP contribution in [0.1, 0.15) is 25.5 Å². The lowest BCUT2D eigenvalue weighted by molar-refractivity contribution is -0.122. The second-order valence-electron chi connectivity index (χ2n) is 6.04. The fraction of sp³-hybridized carbons (Fsp3) is 0.300. The van der Waals surface area contributed by atoms with Crippen LogP contribution < -0.4 is 15.4 Å². The van der Waals surface area contributed by atoms with Crippen molar-refractivity contribution in [1.29, 1.82) is 0 Å². The number of hydrogen-bond donors (Lipinski definition) is 2. The lowest BCUT2D eigenvalue weighted by Gasteiger charge is -2.25. The molecule has 0 aliphatic heterocycles. The van der Waals surface area contributed by atoms with Gasteiger partial charge in [0.1, 0.15) is 11.6 Å². The minimum absolute atomic E-state index is 0.0581. The third kappa shape index (κ3) is 5.99. The van der Waals surface area contributed by atoms with Crippen LogP contribution in [0.2, 0.25) is 0 Å². The highest BCUT2D eigenvalue weighted by molar-refractivity contribution is 5.89. The zero-order chi connectivity index (χ0) is 19.8. The van der Waals surface area contributed by atoms with E-state index in [9.17, 15) is 14.0 Å². The van der Waals surface area contributed by atoms with Crippen molar-refractivity contribution in [2.75, 3.05) is 25.5 Å². The summed E-state index contributed by atoms with van der Waals surface area (Å²) in [5.41, 5.74) is 1.44. The van der Waals surface area contributed by atoms with Gasteiger partial charge >= 0.3 is 6.03 Å². The second kappa shape index (κ2) is 9.56. The standard InChI is InChI=1S/C20H24FN3O3/c1-4-22-19(25)13-27-18-11-9-17(10-12-18)23-20(26)24(3)14(2)15-5-7-16(21)8-6-15/h5-12,14H,4,13H2,1-3H3,(H,22,25)(H,23,26). The van der Waals surface area contributed by atoms with Gasteiger partial charge in [-0.1, -0.05) is 12.1 Å². The molecule has 0 saturated carbocycles. The molecular formula is C20H24FN3O3. The van der Waals surface area contributed by atoms with Crippen LogP contribution in [-0.2, 0) is 4.79 Å². The van der Waals surface area contributed by atoms with Gasteiger partial charge in [-0.25, -0.2) is 9.18 Å². The molecule has 0 fully saturated rings. The van der Waals surface area contributed by atoms with Crippen LogP contribution in [0.5, 0.6) is 5.75 Å². The first kappa shape index (κ1) is 20.2. The van der Waals surface area contributed by atoms with Crippen molar-refractivity contribution in [1.82, 2.24) is 10.2 Å². The highest BCUT2D eigenvalue weighted by atomic mass is 19.1. The Hall–Kier alpha value is -3.09. The summed E-state index contributed by atoms with van der Waals surface area (Å²) < 4.78 is 18.4. The summed E-state index contributed by atoms with van der Waals surface area (Å²) in [5, 5.41) is 5.44. The number of hydrogen-bond acceptors (Lipinski definition) is 3. The van der Waals surface area contributed by atoms with Crippen LogP contribution in [0.25, 0.3) is 0 Å². The number of ether oxygens (including phenoxy) is 1. The molecule has 7 heteroatoms. The van der Waals surface area contributed by atoms with Crippen LogP contribution in [0.3, 0.4) is 0 Å². The molecule has 0 spiro atoms. The highest BCUT2D eigenvalue weighted by Crippen LogP contribution is 2.21. The number of nitrogens with zero attached hydrogens (tertiary/aromatic N) is 1. The van der Waals surface area contributed by atoms with Crippen molar-refractivity contribution in [2.24, 2.45) is 0 Å². The Labute approximate surface area is 158 Å². The van der Waals surface area contributed by atoms with Crippen molar-refractivity contribution in [3.05, 3.63) is 59.9 Å². The first-order chi connectivity index (χ1) is 12.9. The molecule has 144 valence electrons. The highest BCUT2D eigenvalue weighted by Gasteiger charge is 2.17. The van der Waals surface area contributed by atoms with E-state index in [1.165, 1.54) is 17.0 Å². The Morgan fingerprint density at radius 3 is 2.33 bits per heavy atom. The molecule has 0 heterocycles. The predicted octanol–water partition coefficient (Wildman–Crippen LogP) is 3.57. The van der Waals surface area contributed by atoms with E-state index in [-0.39, 0.29) is 30.4 Å². The van der Waals surface area contributed by atoms with E-state index < -0.39 is 0 Å². The van der Waals surface area contributed by atoms with Crippen molar-refractivity contribution >= 4 is 17.6 Å². The summed E-state index contributed by atoms with van der Waals surface area (Å²) in [4.78, 5) is 25.3. The molecule has 2 aromatic rings. The van der Waals surface area contributed by atoms with Crippen molar-refractivity contribution < 1.29 is 18.7 Å². The number of carbonyl (C=O) groups excluding carboxylic acids is 2. The van der Waals surface area contributed by atoms with Gasteiger partial charge in [0.25, 0.3) is 5.91 Å². The number of anilines is 1. The topological polar surface area (TPSA) is 70.7 Å². The Bertz CT molecular complexity index is 763. The zero-order valence-electron chi connectivity index (χ0n) is 15.7. The van der Waals surface area contributed by atoms with E-state index in [1.54, 1.807) is 43.4 Å². The molecule has 6 nitrogen and oxygen atoms in total. The van der Waals surface area contributed by atoms with E-state index in [1.807, 2.05) is 13.8 Å². The summed E-state index contributed by atoms with van der Waals surface area (Å²) in [6, 6.07) is 12.3. The maximum Gasteiger partial charge on any atom is 0.322 e. The number of amides is 3. The van der Waals surface area contributed by atoms with Gasteiger partial charge < -0.3 is 20.3 Å². The third-order valence-corrected chi connectivity index (χ3v) is 4.10. The summed E-state index contributed by atoms with van der Waals surface area (Å²) in [6.45, 7) is 4.20. The maximum atomic E-state index is 13.0. The van der Waals surface area contributed by atoms with Crippen molar-refractivity contribution in [3.8, 4) is 5.75 Å². The lowest BCUT2D eigenvalue weighted by Crippen LogP contribution is -2.33. The van der Waals surface area contributed by atoms with Gasteiger partial charge in [0, 0.05) is 19.3 Å². The Morgan fingerprint density at radius 1 is 1.11 bits per heavy atom. The van der Waals surface area contributed by atoms with Gasteiger partial charge in [-0.05, 0) is 55.8 Å². The van der Waals surface area contributed by atoms with Gasteiger partial charge in [0.05, 0.1) is 6.04 Å². The smallest absolute Gasteiger partial charge is 0.322 e. The predicted molar refractivity (Wildman–Crippen MR) is 102 cm³/mol. The van der Waals surface area contributed by atoms with Crippen LogP contribution in [0.4, 0.5) is 14.9 Å². The number of nitrogens with one attached hydrogen (secondary N) is 2. The Balaban J connectivity index is 1.90. The van der Waals surface area contributed by atoms with E-state index in [4.69, 9.17) is 4.74 Å².